The highest BCUT2D eigenvalue weighted by molar-refractivity contribution is 6.01. The molecule has 0 unspecified atom stereocenters. The molecule has 0 aliphatic carbocycles. The maximum Gasteiger partial charge on any atom is 0.311 e. The topological polar surface area (TPSA) is 155 Å². The lowest BCUT2D eigenvalue weighted by molar-refractivity contribution is -0.384. The van der Waals surface area contributed by atoms with Gasteiger partial charge in [-0.25, -0.2) is 9.97 Å². The fourth-order valence-corrected chi connectivity index (χ4v) is 6.18. The molecule has 14 heteroatoms. The second-order valence-corrected chi connectivity index (χ2v) is 12.6. The molecule has 0 radical (unpaired) electrons. The van der Waals surface area contributed by atoms with Crippen molar-refractivity contribution in [1.29, 1.82) is 0 Å². The quantitative estimate of drug-likeness (QED) is 0.0555. The van der Waals surface area contributed by atoms with Crippen LogP contribution < -0.4 is 9.80 Å². The molecule has 0 saturated heterocycles. The number of aldehydes is 1. The van der Waals surface area contributed by atoms with Crippen molar-refractivity contribution < 1.29 is 14.6 Å². The van der Waals surface area contributed by atoms with Crippen molar-refractivity contribution in [2.45, 2.75) is 12.8 Å². The Morgan fingerprint density at radius 3 is 1.54 bits per heavy atom. The van der Waals surface area contributed by atoms with Gasteiger partial charge in [-0.3, -0.25) is 30.0 Å². The number of nitro groups is 2. The van der Waals surface area contributed by atoms with Gasteiger partial charge in [-0.2, -0.15) is 0 Å². The van der Waals surface area contributed by atoms with Crippen LogP contribution in [0.2, 0.25) is 0 Å². The molecule has 0 aliphatic rings. The maximum absolute atomic E-state index is 12.8. The van der Waals surface area contributed by atoms with E-state index in [0.29, 0.717) is 72.4 Å². The predicted octanol–water partition coefficient (Wildman–Crippen LogP) is 7.01. The molecule has 14 nitrogen and oxygen atoms in total. The molecule has 0 bridgehead atoms. The average Bonchev–Trinajstić information content (AvgIpc) is 3.14. The molecular formula is C38H41N9O5. The molecule has 0 atom stereocenters. The summed E-state index contributed by atoms with van der Waals surface area (Å²) in [6, 6.07) is 22.6. The minimum atomic E-state index is -0.450. The summed E-state index contributed by atoms with van der Waals surface area (Å²) in [7, 11) is 7.85. The SMILES string of the molecule is CN(C)CCCN(c1ccccc1-c1ccnc(C=O)c1-c1ccccc1N(CCCN(C)C)c1ncccc1[N+](=O)[O-])c1ncccc1[N+](=O)[O-]. The van der Waals surface area contributed by atoms with Gasteiger partial charge in [0.25, 0.3) is 0 Å². The number of aromatic nitrogens is 3. The Balaban J connectivity index is 1.76. The Kier molecular flexibility index (Phi) is 12.3. The number of nitrogens with zero attached hydrogens (tertiary/aromatic N) is 9. The van der Waals surface area contributed by atoms with Gasteiger partial charge in [-0.15, -0.1) is 0 Å². The lowest BCUT2D eigenvalue weighted by Crippen LogP contribution is -2.25. The second kappa shape index (κ2) is 17.2. The van der Waals surface area contributed by atoms with Gasteiger partial charge >= 0.3 is 11.4 Å². The number of pyridine rings is 3. The van der Waals surface area contributed by atoms with E-state index < -0.39 is 9.85 Å². The van der Waals surface area contributed by atoms with E-state index in [1.165, 1.54) is 36.7 Å². The first-order valence-corrected chi connectivity index (χ1v) is 16.8. The highest BCUT2D eigenvalue weighted by Gasteiger charge is 2.28. The number of hydrogen-bond acceptors (Lipinski definition) is 12. The van der Waals surface area contributed by atoms with Gasteiger partial charge in [0.2, 0.25) is 11.6 Å². The number of anilines is 4. The van der Waals surface area contributed by atoms with E-state index >= 15 is 0 Å². The van der Waals surface area contributed by atoms with Crippen LogP contribution in [-0.4, -0.2) is 95.3 Å². The lowest BCUT2D eigenvalue weighted by Gasteiger charge is -2.29. The van der Waals surface area contributed by atoms with E-state index in [0.717, 1.165) is 6.54 Å². The van der Waals surface area contributed by atoms with Crippen molar-refractivity contribution in [3.05, 3.63) is 123 Å². The Morgan fingerprint density at radius 2 is 1.06 bits per heavy atom. The van der Waals surface area contributed by atoms with Crippen molar-refractivity contribution in [2.24, 2.45) is 0 Å². The molecule has 0 aliphatic heterocycles. The van der Waals surface area contributed by atoms with E-state index in [1.807, 2.05) is 102 Å². The number of carbonyl (C=O) groups excluding carboxylic acids is 1. The first-order chi connectivity index (χ1) is 25.1. The van der Waals surface area contributed by atoms with Crippen molar-refractivity contribution in [3.63, 3.8) is 0 Å². The van der Waals surface area contributed by atoms with Gasteiger partial charge in [0.1, 0.15) is 5.69 Å². The fraction of sp³-hybridized carbons (Fsp3) is 0.263. The largest absolute Gasteiger partial charge is 0.320 e. The first-order valence-electron chi connectivity index (χ1n) is 16.8. The molecule has 5 aromatic rings. The summed E-state index contributed by atoms with van der Waals surface area (Å²) >= 11 is 0. The Morgan fingerprint density at radius 1 is 0.577 bits per heavy atom. The third kappa shape index (κ3) is 8.42. The van der Waals surface area contributed by atoms with Crippen molar-refractivity contribution >= 4 is 40.7 Å². The van der Waals surface area contributed by atoms with Crippen LogP contribution in [0.5, 0.6) is 0 Å². The molecule has 268 valence electrons. The molecule has 0 fully saturated rings. The van der Waals surface area contributed by atoms with Gasteiger partial charge in [0.15, 0.2) is 6.29 Å². The number of para-hydroxylation sites is 2. The summed E-state index contributed by atoms with van der Waals surface area (Å²) in [4.78, 5) is 57.6. The summed E-state index contributed by atoms with van der Waals surface area (Å²) in [6.07, 6.45) is 6.63. The molecule has 2 aromatic carbocycles. The van der Waals surface area contributed by atoms with E-state index in [4.69, 9.17) is 0 Å². The highest BCUT2D eigenvalue weighted by atomic mass is 16.6. The fourth-order valence-electron chi connectivity index (χ4n) is 6.18. The van der Waals surface area contributed by atoms with Crippen molar-refractivity contribution in [3.8, 4) is 22.3 Å². The third-order valence-electron chi connectivity index (χ3n) is 8.45. The van der Waals surface area contributed by atoms with E-state index in [2.05, 4.69) is 15.0 Å². The van der Waals surface area contributed by atoms with Crippen LogP contribution in [-0.2, 0) is 0 Å². The zero-order chi connectivity index (χ0) is 37.2. The summed E-state index contributed by atoms with van der Waals surface area (Å²) in [5.74, 6) is 0.367. The zero-order valence-corrected chi connectivity index (χ0v) is 29.6. The standard InChI is InChI=1S/C38H41N9O5/c1-42(2)23-11-25-44(37-34(46(49)50)17-9-20-40-37)32-15-7-5-13-28(32)29-19-22-39-31(27-48)36(29)30-14-6-8-16-33(30)45(26-12-24-43(3)4)38-35(47(51)52)18-10-21-41-38/h5-10,13-22,27H,11-12,23-26H2,1-4H3. The average molecular weight is 704 g/mol. The van der Waals surface area contributed by atoms with Crippen LogP contribution in [0.4, 0.5) is 34.4 Å². The van der Waals surface area contributed by atoms with Gasteiger partial charge in [0, 0.05) is 60.5 Å². The predicted molar refractivity (Wildman–Crippen MR) is 203 cm³/mol. The normalized spacial score (nSPS) is 11.1. The van der Waals surface area contributed by atoms with Gasteiger partial charge < -0.3 is 19.6 Å². The Hall–Kier alpha value is -6.12. The van der Waals surface area contributed by atoms with Crippen LogP contribution in [0.15, 0.2) is 97.5 Å². The van der Waals surface area contributed by atoms with Gasteiger partial charge in [0.05, 0.1) is 21.2 Å². The minimum absolute atomic E-state index is 0.138. The highest BCUT2D eigenvalue weighted by Crippen LogP contribution is 2.45. The zero-order valence-electron chi connectivity index (χ0n) is 29.6. The molecule has 0 spiro atoms. The molecular weight excluding hydrogens is 662 g/mol. The van der Waals surface area contributed by atoms with E-state index in [9.17, 15) is 25.0 Å². The Labute approximate surface area is 302 Å². The summed E-state index contributed by atoms with van der Waals surface area (Å²) < 4.78 is 0. The van der Waals surface area contributed by atoms with Gasteiger partial charge in [-0.1, -0.05) is 36.4 Å². The molecule has 0 amide bonds. The first kappa shape index (κ1) is 37.1. The molecule has 0 N–H and O–H groups in total. The van der Waals surface area contributed by atoms with E-state index in [1.54, 1.807) is 6.20 Å². The number of carbonyl (C=O) groups is 1. The molecule has 52 heavy (non-hydrogen) atoms. The maximum atomic E-state index is 12.8. The smallest absolute Gasteiger partial charge is 0.311 e. The van der Waals surface area contributed by atoms with Crippen LogP contribution >= 0.6 is 0 Å². The van der Waals surface area contributed by atoms with Crippen LogP contribution in [0.25, 0.3) is 22.3 Å². The van der Waals surface area contributed by atoms with Crippen molar-refractivity contribution in [2.75, 3.05) is 64.2 Å². The molecule has 3 heterocycles. The monoisotopic (exact) mass is 703 g/mol. The van der Waals surface area contributed by atoms with Crippen LogP contribution in [0.1, 0.15) is 23.3 Å². The number of rotatable bonds is 17. The summed E-state index contributed by atoms with van der Waals surface area (Å²) in [5.41, 5.74) is 3.54. The van der Waals surface area contributed by atoms with Crippen molar-refractivity contribution in [1.82, 2.24) is 24.8 Å². The lowest BCUT2D eigenvalue weighted by atomic mass is 9.91. The number of benzene rings is 2. The van der Waals surface area contributed by atoms with Crippen LogP contribution in [0.3, 0.4) is 0 Å². The van der Waals surface area contributed by atoms with Crippen LogP contribution in [0, 0.1) is 20.2 Å². The third-order valence-corrected chi connectivity index (χ3v) is 8.45. The minimum Gasteiger partial charge on any atom is -0.320 e. The number of hydrogen-bond donors (Lipinski definition) is 0. The Bertz CT molecular complexity index is 2040. The van der Waals surface area contributed by atoms with Gasteiger partial charge in [-0.05, 0) is 90.0 Å². The second-order valence-electron chi connectivity index (χ2n) is 12.6. The van der Waals surface area contributed by atoms with E-state index in [-0.39, 0.29) is 28.7 Å². The molecule has 3 aromatic heterocycles. The molecule has 5 rings (SSSR count). The molecule has 0 saturated carbocycles. The summed E-state index contributed by atoms with van der Waals surface area (Å²) in [6.45, 7) is 2.24. The summed E-state index contributed by atoms with van der Waals surface area (Å²) in [5, 5.41) is 24.5.